The Morgan fingerprint density at radius 2 is 2.00 bits per heavy atom. The smallest absolute Gasteiger partial charge is 0.235 e. The van der Waals surface area contributed by atoms with Gasteiger partial charge in [0.2, 0.25) is 10.8 Å². The number of nitrogens with zero attached hydrogens (tertiary/aromatic N) is 4. The molecule has 0 amide bonds. The highest BCUT2D eigenvalue weighted by Crippen LogP contribution is 2.23. The molecule has 0 saturated carbocycles. The van der Waals surface area contributed by atoms with Crippen LogP contribution in [0.3, 0.4) is 0 Å². The minimum Gasteiger partial charge on any atom is -0.461 e. The summed E-state index contributed by atoms with van der Waals surface area (Å²) >= 11 is 1.49. The van der Waals surface area contributed by atoms with Gasteiger partial charge in [-0.05, 0) is 48.7 Å². The summed E-state index contributed by atoms with van der Waals surface area (Å²) in [6.07, 6.45) is 5.67. The second kappa shape index (κ2) is 5.48. The molecule has 0 aliphatic carbocycles. The van der Waals surface area contributed by atoms with E-state index in [1.54, 1.807) is 10.8 Å². The Hall–Kier alpha value is -2.73. The first-order valence-corrected chi connectivity index (χ1v) is 8.04. The second-order valence-corrected chi connectivity index (χ2v) is 6.30. The summed E-state index contributed by atoms with van der Waals surface area (Å²) in [5, 5.41) is 13.7. The number of hydrogen-bond acceptors (Lipinski definition) is 5. The monoisotopic (exact) mass is 322 g/mol. The first-order chi connectivity index (χ1) is 11.2. The Kier molecular flexibility index (Phi) is 3.31. The molecule has 3 heterocycles. The predicted molar refractivity (Wildman–Crippen MR) is 91.2 cm³/mol. The first-order valence-electron chi connectivity index (χ1n) is 7.22. The topological polar surface area (TPSA) is 56.2 Å². The van der Waals surface area contributed by atoms with Crippen molar-refractivity contribution < 1.29 is 4.42 Å². The summed E-state index contributed by atoms with van der Waals surface area (Å²) in [5.41, 5.74) is 3.74. The molecule has 1 aromatic carbocycles. The molecule has 0 atom stereocenters. The lowest BCUT2D eigenvalue weighted by molar-refractivity contribution is 0.575. The molecule has 0 aliphatic heterocycles. The van der Waals surface area contributed by atoms with Crippen molar-refractivity contribution in [2.24, 2.45) is 0 Å². The third-order valence-electron chi connectivity index (χ3n) is 3.70. The fraction of sp³-hybridized carbons (Fsp3) is 0.118. The minimum atomic E-state index is 0.618. The van der Waals surface area contributed by atoms with E-state index in [2.05, 4.69) is 53.4 Å². The molecule has 6 heteroatoms. The highest BCUT2D eigenvalue weighted by molar-refractivity contribution is 7.17. The third-order valence-corrected chi connectivity index (χ3v) is 4.56. The molecular formula is C17H14N4OS. The van der Waals surface area contributed by atoms with Gasteiger partial charge in [-0.3, -0.25) is 0 Å². The van der Waals surface area contributed by atoms with E-state index in [0.29, 0.717) is 11.6 Å². The molecule has 114 valence electrons. The van der Waals surface area contributed by atoms with Crippen molar-refractivity contribution >= 4 is 28.4 Å². The van der Waals surface area contributed by atoms with Gasteiger partial charge in [-0.2, -0.15) is 9.61 Å². The van der Waals surface area contributed by atoms with E-state index >= 15 is 0 Å². The number of hydrogen-bond donors (Lipinski definition) is 0. The molecule has 3 aromatic heterocycles. The number of aromatic nitrogens is 4. The fourth-order valence-corrected chi connectivity index (χ4v) is 3.04. The number of rotatable bonds is 3. The second-order valence-electron chi connectivity index (χ2n) is 5.31. The highest BCUT2D eigenvalue weighted by atomic mass is 32.1. The van der Waals surface area contributed by atoms with Gasteiger partial charge in [-0.25, -0.2) is 0 Å². The summed E-state index contributed by atoms with van der Waals surface area (Å²) < 4.78 is 7.08. The zero-order valence-electron chi connectivity index (χ0n) is 12.7. The Labute approximate surface area is 136 Å². The van der Waals surface area contributed by atoms with Gasteiger partial charge >= 0.3 is 0 Å². The molecule has 4 rings (SSSR count). The molecule has 0 aliphatic rings. The van der Waals surface area contributed by atoms with Crippen molar-refractivity contribution in [3.05, 3.63) is 58.3 Å². The van der Waals surface area contributed by atoms with Gasteiger partial charge < -0.3 is 4.42 Å². The first kappa shape index (κ1) is 13.9. The van der Waals surface area contributed by atoms with Gasteiger partial charge in [0, 0.05) is 0 Å². The van der Waals surface area contributed by atoms with E-state index in [0.717, 1.165) is 15.5 Å². The number of fused-ring (bicyclic) bond motifs is 1. The van der Waals surface area contributed by atoms with Crippen molar-refractivity contribution in [3.63, 3.8) is 0 Å². The van der Waals surface area contributed by atoms with Crippen molar-refractivity contribution in [1.29, 1.82) is 0 Å². The van der Waals surface area contributed by atoms with Crippen molar-refractivity contribution in [2.45, 2.75) is 13.8 Å². The molecule has 0 fully saturated rings. The standard InChI is InChI=1S/C17H14N4OS/c1-11-5-6-13(10-12(11)2)7-8-15-20-21-16(14-4-3-9-22-14)18-19-17(21)23-15/h3-10H,1-2H3. The Bertz CT molecular complexity index is 995. The van der Waals surface area contributed by atoms with E-state index in [-0.39, 0.29) is 0 Å². The van der Waals surface area contributed by atoms with Gasteiger partial charge in [0.25, 0.3) is 0 Å². The predicted octanol–water partition coefficient (Wildman–Crippen LogP) is 4.23. The molecule has 0 spiro atoms. The van der Waals surface area contributed by atoms with Crippen LogP contribution in [-0.2, 0) is 0 Å². The largest absolute Gasteiger partial charge is 0.461 e. The molecule has 0 bridgehead atoms. The average Bonchev–Trinajstić information content (AvgIpc) is 3.24. The molecule has 0 radical (unpaired) electrons. The van der Waals surface area contributed by atoms with Gasteiger partial charge in [0.15, 0.2) is 5.76 Å². The van der Waals surface area contributed by atoms with Crippen LogP contribution in [0.1, 0.15) is 21.7 Å². The van der Waals surface area contributed by atoms with E-state index < -0.39 is 0 Å². The molecule has 4 aromatic rings. The molecule has 23 heavy (non-hydrogen) atoms. The van der Waals surface area contributed by atoms with Crippen LogP contribution in [0.4, 0.5) is 0 Å². The zero-order chi connectivity index (χ0) is 15.8. The van der Waals surface area contributed by atoms with E-state index in [4.69, 9.17) is 4.42 Å². The maximum atomic E-state index is 5.37. The molecule has 0 N–H and O–H groups in total. The number of aryl methyl sites for hydroxylation is 2. The SMILES string of the molecule is Cc1ccc(C=Cc2nn3c(-c4ccco4)nnc3s2)cc1C. The van der Waals surface area contributed by atoms with Crippen LogP contribution in [0.15, 0.2) is 41.0 Å². The Morgan fingerprint density at radius 1 is 1.09 bits per heavy atom. The Morgan fingerprint density at radius 3 is 2.78 bits per heavy atom. The average molecular weight is 322 g/mol. The summed E-state index contributed by atoms with van der Waals surface area (Å²) in [7, 11) is 0. The third kappa shape index (κ3) is 2.57. The molecule has 0 unspecified atom stereocenters. The molecule has 5 nitrogen and oxygen atoms in total. The molecule has 0 saturated heterocycles. The van der Waals surface area contributed by atoms with Gasteiger partial charge in [-0.1, -0.05) is 35.6 Å². The van der Waals surface area contributed by atoms with Crippen LogP contribution < -0.4 is 0 Å². The Balaban J connectivity index is 1.67. The van der Waals surface area contributed by atoms with Crippen LogP contribution in [0.25, 0.3) is 28.7 Å². The lowest BCUT2D eigenvalue weighted by Crippen LogP contribution is -1.89. The van der Waals surface area contributed by atoms with Crippen molar-refractivity contribution in [2.75, 3.05) is 0 Å². The van der Waals surface area contributed by atoms with Gasteiger partial charge in [-0.15, -0.1) is 10.2 Å². The lowest BCUT2D eigenvalue weighted by atomic mass is 10.1. The zero-order valence-corrected chi connectivity index (χ0v) is 13.5. The normalized spacial score (nSPS) is 11.7. The lowest BCUT2D eigenvalue weighted by Gasteiger charge is -2.00. The fourth-order valence-electron chi connectivity index (χ4n) is 2.29. The van der Waals surface area contributed by atoms with Crippen molar-refractivity contribution in [3.8, 4) is 11.6 Å². The summed E-state index contributed by atoms with van der Waals surface area (Å²) in [6.45, 7) is 4.23. The van der Waals surface area contributed by atoms with Crippen LogP contribution in [0.5, 0.6) is 0 Å². The number of furan rings is 1. The minimum absolute atomic E-state index is 0.618. The van der Waals surface area contributed by atoms with Crippen LogP contribution in [-0.4, -0.2) is 19.8 Å². The van der Waals surface area contributed by atoms with Crippen LogP contribution >= 0.6 is 11.3 Å². The summed E-state index contributed by atoms with van der Waals surface area (Å²) in [4.78, 5) is 0.746. The van der Waals surface area contributed by atoms with Crippen molar-refractivity contribution in [1.82, 2.24) is 19.8 Å². The van der Waals surface area contributed by atoms with Gasteiger partial charge in [0.1, 0.15) is 5.01 Å². The van der Waals surface area contributed by atoms with Gasteiger partial charge in [0.05, 0.1) is 6.26 Å². The van der Waals surface area contributed by atoms with Crippen LogP contribution in [0.2, 0.25) is 0 Å². The van der Waals surface area contributed by atoms with E-state index in [1.807, 2.05) is 18.2 Å². The maximum Gasteiger partial charge on any atom is 0.235 e. The van der Waals surface area contributed by atoms with Crippen LogP contribution in [0, 0.1) is 13.8 Å². The van der Waals surface area contributed by atoms with E-state index in [1.165, 1.54) is 22.5 Å². The maximum absolute atomic E-state index is 5.37. The van der Waals surface area contributed by atoms with E-state index in [9.17, 15) is 0 Å². The number of benzene rings is 1. The summed E-state index contributed by atoms with van der Waals surface area (Å²) in [5.74, 6) is 1.28. The highest BCUT2D eigenvalue weighted by Gasteiger charge is 2.14. The molecular weight excluding hydrogens is 308 g/mol. The summed E-state index contributed by atoms with van der Waals surface area (Å²) in [6, 6.07) is 10.1. The quantitative estimate of drug-likeness (QED) is 0.566.